The van der Waals surface area contributed by atoms with Gasteiger partial charge in [0.25, 0.3) is 5.92 Å². The van der Waals surface area contributed by atoms with Gasteiger partial charge in [-0.05, 0) is 43.9 Å². The van der Waals surface area contributed by atoms with Crippen LogP contribution in [0.4, 0.5) is 26.2 Å². The highest BCUT2D eigenvalue weighted by molar-refractivity contribution is 5.56. The molecule has 1 aliphatic heterocycles. The van der Waals surface area contributed by atoms with Crippen LogP contribution in [-0.2, 0) is 6.54 Å². The Balaban J connectivity index is 1.36. The Kier molecular flexibility index (Phi) is 6.38. The van der Waals surface area contributed by atoms with E-state index in [2.05, 4.69) is 25.6 Å². The van der Waals surface area contributed by atoms with Crippen molar-refractivity contribution in [3.63, 3.8) is 0 Å². The molecule has 0 spiro atoms. The van der Waals surface area contributed by atoms with Crippen molar-refractivity contribution in [2.24, 2.45) is 5.73 Å². The van der Waals surface area contributed by atoms with E-state index in [1.54, 1.807) is 6.20 Å². The molecule has 2 aliphatic rings. The van der Waals surface area contributed by atoms with Gasteiger partial charge < -0.3 is 16.4 Å². The second kappa shape index (κ2) is 9.18. The number of piperidine rings is 1. The summed E-state index contributed by atoms with van der Waals surface area (Å²) in [5.74, 6) is -0.586. The number of hydrogen-bond donors (Lipinski definition) is 3. The summed E-state index contributed by atoms with van der Waals surface area (Å²) in [5, 5.41) is 6.58. The van der Waals surface area contributed by atoms with Gasteiger partial charge in [0.05, 0.1) is 17.6 Å². The summed E-state index contributed by atoms with van der Waals surface area (Å²) >= 11 is 0. The van der Waals surface area contributed by atoms with Gasteiger partial charge in [-0.3, -0.25) is 9.88 Å². The van der Waals surface area contributed by atoms with Crippen LogP contribution in [0.15, 0.2) is 24.5 Å². The predicted molar refractivity (Wildman–Crippen MR) is 113 cm³/mol. The standard InChI is InChI=1S/C21H29F2N7/c22-21(23)6-10-30(11-7-21)14-17-5-4-16(12-26-17)28-20-27-13-18(15-2-3-15)19(29-20)25-9-1-8-24/h4-5,12-13,15H,1-3,6-11,14,24H2,(H2,25,27,28,29). The maximum Gasteiger partial charge on any atom is 0.250 e. The Bertz CT molecular complexity index is 830. The first-order valence-corrected chi connectivity index (χ1v) is 10.7. The van der Waals surface area contributed by atoms with Gasteiger partial charge in [-0.2, -0.15) is 4.98 Å². The van der Waals surface area contributed by atoms with Crippen LogP contribution in [0.2, 0.25) is 0 Å². The molecule has 0 aromatic carbocycles. The lowest BCUT2D eigenvalue weighted by molar-refractivity contribution is -0.0568. The molecule has 4 N–H and O–H groups in total. The summed E-state index contributed by atoms with van der Waals surface area (Å²) in [6, 6.07) is 3.83. The quantitative estimate of drug-likeness (QED) is 0.538. The van der Waals surface area contributed by atoms with Crippen molar-refractivity contribution in [3.8, 4) is 0 Å². The number of pyridine rings is 1. The third-order valence-corrected chi connectivity index (χ3v) is 5.56. The molecule has 0 unspecified atom stereocenters. The maximum atomic E-state index is 13.3. The SMILES string of the molecule is NCCCNc1nc(Nc2ccc(CN3CCC(F)(F)CC3)nc2)ncc1C1CC1. The first-order valence-electron chi connectivity index (χ1n) is 10.7. The van der Waals surface area contributed by atoms with Crippen molar-refractivity contribution < 1.29 is 8.78 Å². The van der Waals surface area contributed by atoms with Gasteiger partial charge in [0.2, 0.25) is 5.95 Å². The molecule has 1 saturated carbocycles. The highest BCUT2D eigenvalue weighted by Crippen LogP contribution is 2.42. The topological polar surface area (TPSA) is 92.0 Å². The average molecular weight is 418 g/mol. The Labute approximate surface area is 175 Å². The summed E-state index contributed by atoms with van der Waals surface area (Å²) in [6.45, 7) is 2.80. The zero-order chi connectivity index (χ0) is 21.0. The number of hydrogen-bond acceptors (Lipinski definition) is 7. The molecule has 0 atom stereocenters. The summed E-state index contributed by atoms with van der Waals surface area (Å²) in [4.78, 5) is 15.6. The summed E-state index contributed by atoms with van der Waals surface area (Å²) in [5.41, 5.74) is 8.40. The lowest BCUT2D eigenvalue weighted by Crippen LogP contribution is -2.38. The van der Waals surface area contributed by atoms with Crippen LogP contribution in [0.3, 0.4) is 0 Å². The third-order valence-electron chi connectivity index (χ3n) is 5.56. The number of nitrogens with one attached hydrogen (secondary N) is 2. The minimum Gasteiger partial charge on any atom is -0.370 e. The third kappa shape index (κ3) is 5.60. The molecule has 1 aliphatic carbocycles. The van der Waals surface area contributed by atoms with Crippen LogP contribution in [0.25, 0.3) is 0 Å². The van der Waals surface area contributed by atoms with Crippen molar-refractivity contribution in [2.45, 2.75) is 50.5 Å². The fourth-order valence-corrected chi connectivity index (χ4v) is 3.58. The zero-order valence-corrected chi connectivity index (χ0v) is 17.1. The minimum absolute atomic E-state index is 0.0809. The normalized spacial score (nSPS) is 18.9. The Morgan fingerprint density at radius 3 is 2.60 bits per heavy atom. The van der Waals surface area contributed by atoms with E-state index in [4.69, 9.17) is 5.73 Å². The van der Waals surface area contributed by atoms with Gasteiger partial charge in [-0.15, -0.1) is 0 Å². The van der Waals surface area contributed by atoms with E-state index in [0.717, 1.165) is 35.7 Å². The molecule has 7 nitrogen and oxygen atoms in total. The second-order valence-electron chi connectivity index (χ2n) is 8.14. The van der Waals surface area contributed by atoms with Crippen molar-refractivity contribution in [3.05, 3.63) is 35.8 Å². The number of nitrogens with zero attached hydrogens (tertiary/aromatic N) is 4. The molecule has 0 bridgehead atoms. The lowest BCUT2D eigenvalue weighted by atomic mass is 10.1. The van der Waals surface area contributed by atoms with E-state index >= 15 is 0 Å². The molecule has 0 radical (unpaired) electrons. The van der Waals surface area contributed by atoms with Gasteiger partial charge in [0, 0.05) is 50.8 Å². The first-order chi connectivity index (χ1) is 14.5. The number of anilines is 3. The smallest absolute Gasteiger partial charge is 0.250 e. The number of rotatable bonds is 9. The zero-order valence-electron chi connectivity index (χ0n) is 17.1. The van der Waals surface area contributed by atoms with Crippen molar-refractivity contribution in [1.82, 2.24) is 19.9 Å². The van der Waals surface area contributed by atoms with Crippen molar-refractivity contribution in [2.75, 3.05) is 36.8 Å². The molecule has 2 aromatic rings. The van der Waals surface area contributed by atoms with E-state index in [0.29, 0.717) is 38.0 Å². The number of halogens is 2. The maximum absolute atomic E-state index is 13.3. The van der Waals surface area contributed by atoms with Gasteiger partial charge in [-0.1, -0.05) is 0 Å². The summed E-state index contributed by atoms with van der Waals surface area (Å²) < 4.78 is 26.6. The fraction of sp³-hybridized carbons (Fsp3) is 0.571. The lowest BCUT2D eigenvalue weighted by Gasteiger charge is -2.31. The molecule has 162 valence electrons. The second-order valence-corrected chi connectivity index (χ2v) is 8.14. The number of nitrogens with two attached hydrogens (primary N) is 1. The summed E-state index contributed by atoms with van der Waals surface area (Å²) in [7, 11) is 0. The molecular formula is C21H29F2N7. The number of aromatic nitrogens is 3. The molecule has 4 rings (SSSR count). The van der Waals surface area contributed by atoms with Crippen LogP contribution < -0.4 is 16.4 Å². The van der Waals surface area contributed by atoms with Gasteiger partial charge >= 0.3 is 0 Å². The van der Waals surface area contributed by atoms with Crippen LogP contribution in [0, 0.1) is 0 Å². The molecule has 3 heterocycles. The molecule has 9 heteroatoms. The molecule has 2 aromatic heterocycles. The van der Waals surface area contributed by atoms with Gasteiger partial charge in [0.1, 0.15) is 5.82 Å². The largest absolute Gasteiger partial charge is 0.370 e. The van der Waals surface area contributed by atoms with Crippen molar-refractivity contribution >= 4 is 17.5 Å². The van der Waals surface area contributed by atoms with Crippen LogP contribution in [0.5, 0.6) is 0 Å². The van der Waals surface area contributed by atoms with Gasteiger partial charge in [-0.25, -0.2) is 13.8 Å². The molecular weight excluding hydrogens is 388 g/mol. The van der Waals surface area contributed by atoms with E-state index in [1.807, 2.05) is 23.2 Å². The van der Waals surface area contributed by atoms with E-state index in [-0.39, 0.29) is 12.8 Å². The van der Waals surface area contributed by atoms with Crippen LogP contribution >= 0.6 is 0 Å². The Morgan fingerprint density at radius 1 is 1.13 bits per heavy atom. The predicted octanol–water partition coefficient (Wildman–Crippen LogP) is 3.48. The van der Waals surface area contributed by atoms with Crippen LogP contribution in [-0.4, -0.2) is 52.0 Å². The van der Waals surface area contributed by atoms with E-state index in [9.17, 15) is 8.78 Å². The minimum atomic E-state index is -2.52. The monoisotopic (exact) mass is 417 g/mol. The van der Waals surface area contributed by atoms with Crippen LogP contribution in [0.1, 0.15) is 49.3 Å². The molecule has 2 fully saturated rings. The van der Waals surface area contributed by atoms with Gasteiger partial charge in [0.15, 0.2) is 0 Å². The molecule has 0 amide bonds. The van der Waals surface area contributed by atoms with Crippen molar-refractivity contribution in [1.29, 1.82) is 0 Å². The molecule has 1 saturated heterocycles. The molecule has 30 heavy (non-hydrogen) atoms. The fourth-order valence-electron chi connectivity index (χ4n) is 3.58. The Hall–Kier alpha value is -2.39. The van der Waals surface area contributed by atoms with E-state index in [1.165, 1.54) is 12.8 Å². The number of likely N-dealkylation sites (tertiary alicyclic amines) is 1. The average Bonchev–Trinajstić information content (AvgIpc) is 3.57. The number of alkyl halides is 2. The van der Waals surface area contributed by atoms with E-state index < -0.39 is 5.92 Å². The Morgan fingerprint density at radius 2 is 1.93 bits per heavy atom. The highest BCUT2D eigenvalue weighted by Gasteiger charge is 2.33. The highest BCUT2D eigenvalue weighted by atomic mass is 19.3. The summed E-state index contributed by atoms with van der Waals surface area (Å²) in [6.07, 6.45) is 6.71. The first kappa shape index (κ1) is 20.9.